The van der Waals surface area contributed by atoms with Gasteiger partial charge in [-0.15, -0.1) is 6.58 Å². The molecule has 0 aliphatic heterocycles. The Morgan fingerprint density at radius 2 is 1.95 bits per heavy atom. The molecule has 0 saturated heterocycles. The highest BCUT2D eigenvalue weighted by Gasteiger charge is 2.25. The highest BCUT2D eigenvalue weighted by atomic mass is 16.6. The predicted octanol–water partition coefficient (Wildman–Crippen LogP) is 2.80. The Morgan fingerprint density at radius 3 is 2.47 bits per heavy atom. The van der Waals surface area contributed by atoms with Crippen LogP contribution >= 0.6 is 0 Å². The van der Waals surface area contributed by atoms with E-state index in [0.29, 0.717) is 11.1 Å². The van der Waals surface area contributed by atoms with Gasteiger partial charge in [-0.2, -0.15) is 0 Å². The van der Waals surface area contributed by atoms with Crippen LogP contribution in [-0.4, -0.2) is 18.5 Å². The van der Waals surface area contributed by atoms with E-state index in [4.69, 9.17) is 10.8 Å². The van der Waals surface area contributed by atoms with Crippen LogP contribution in [0.15, 0.2) is 42.5 Å². The molecule has 0 heterocycles. The number of ether oxygens (including phenoxy) is 2. The van der Waals surface area contributed by atoms with Crippen LogP contribution in [0.25, 0.3) is 0 Å². The quantitative estimate of drug-likeness (QED) is 0.585. The number of carbonyl (C=O) groups is 2. The average molecular weight is 263 g/mol. The lowest BCUT2D eigenvalue weighted by molar-refractivity contribution is -0.167. The fraction of sp³-hybridized carbons (Fsp3) is 0.333. The standard InChI is InChI=1S/C15H18O4/c1-11(2)9-10-18-15(17)14(19-12(3)16)13-7-5-4-6-8-13/h4-8,14H,1,9-10H2,2-3H3/i9D/t9-,14?/m0/s1. The van der Waals surface area contributed by atoms with Gasteiger partial charge in [0.2, 0.25) is 6.10 Å². The number of hydrogen-bond donors (Lipinski definition) is 0. The Hall–Kier alpha value is -2.10. The largest absolute Gasteiger partial charge is 0.462 e. The summed E-state index contributed by atoms with van der Waals surface area (Å²) in [6, 6.07) is 8.61. The second-order valence-corrected chi connectivity index (χ2v) is 4.08. The number of benzene rings is 1. The van der Waals surface area contributed by atoms with Gasteiger partial charge in [0.1, 0.15) is 0 Å². The Kier molecular flexibility index (Phi) is 5.17. The molecule has 0 N–H and O–H groups in total. The van der Waals surface area contributed by atoms with E-state index >= 15 is 0 Å². The Labute approximate surface area is 114 Å². The van der Waals surface area contributed by atoms with Crippen molar-refractivity contribution in [3.63, 3.8) is 0 Å². The fourth-order valence-electron chi connectivity index (χ4n) is 1.39. The molecule has 4 nitrogen and oxygen atoms in total. The van der Waals surface area contributed by atoms with Gasteiger partial charge in [0.25, 0.3) is 0 Å². The zero-order valence-electron chi connectivity index (χ0n) is 12.1. The van der Waals surface area contributed by atoms with E-state index < -0.39 is 24.4 Å². The van der Waals surface area contributed by atoms with E-state index in [2.05, 4.69) is 6.58 Å². The van der Waals surface area contributed by atoms with Crippen LogP contribution in [0.4, 0.5) is 0 Å². The maximum absolute atomic E-state index is 12.0. The number of rotatable bonds is 6. The van der Waals surface area contributed by atoms with Crippen LogP contribution in [0.5, 0.6) is 0 Å². The van der Waals surface area contributed by atoms with Crippen LogP contribution in [0.2, 0.25) is 0 Å². The first kappa shape index (κ1) is 13.3. The topological polar surface area (TPSA) is 52.6 Å². The van der Waals surface area contributed by atoms with Crippen molar-refractivity contribution in [3.8, 4) is 0 Å². The van der Waals surface area contributed by atoms with Crippen molar-refractivity contribution in [1.82, 2.24) is 0 Å². The van der Waals surface area contributed by atoms with Gasteiger partial charge in [-0.05, 0) is 6.92 Å². The van der Waals surface area contributed by atoms with E-state index in [0.717, 1.165) is 0 Å². The Morgan fingerprint density at radius 1 is 1.32 bits per heavy atom. The summed E-state index contributed by atoms with van der Waals surface area (Å²) in [6.07, 6.45) is -1.79. The molecule has 0 spiro atoms. The zero-order valence-corrected chi connectivity index (χ0v) is 11.1. The first-order chi connectivity index (χ1) is 9.41. The van der Waals surface area contributed by atoms with E-state index in [-0.39, 0.29) is 6.61 Å². The third-order valence-electron chi connectivity index (χ3n) is 2.26. The first-order valence-electron chi connectivity index (χ1n) is 6.46. The molecule has 1 rings (SSSR count). The first-order valence-corrected chi connectivity index (χ1v) is 5.88. The summed E-state index contributed by atoms with van der Waals surface area (Å²) in [5.74, 6) is -1.26. The van der Waals surface area contributed by atoms with Crippen molar-refractivity contribution >= 4 is 11.9 Å². The summed E-state index contributed by atoms with van der Waals surface area (Å²) in [7, 11) is 0. The van der Waals surface area contributed by atoms with Crippen molar-refractivity contribution in [2.45, 2.75) is 26.3 Å². The second kappa shape index (κ2) is 7.36. The molecule has 0 bridgehead atoms. The van der Waals surface area contributed by atoms with Crippen LogP contribution in [-0.2, 0) is 19.1 Å². The summed E-state index contributed by atoms with van der Waals surface area (Å²) in [5.41, 5.74) is 1.13. The summed E-state index contributed by atoms with van der Waals surface area (Å²) in [5, 5.41) is 0. The van der Waals surface area contributed by atoms with E-state index in [1.54, 1.807) is 37.3 Å². The molecule has 1 aromatic carbocycles. The highest BCUT2D eigenvalue weighted by molar-refractivity contribution is 5.80. The molecule has 0 aliphatic carbocycles. The SMILES string of the molecule is [2H][C@@H](COC(=O)C(OC(C)=O)c1ccccc1)C(=C)C. The molecule has 2 atom stereocenters. The van der Waals surface area contributed by atoms with Gasteiger partial charge < -0.3 is 9.47 Å². The second-order valence-electron chi connectivity index (χ2n) is 4.08. The third kappa shape index (κ3) is 5.38. The molecule has 19 heavy (non-hydrogen) atoms. The molecule has 102 valence electrons. The molecule has 0 radical (unpaired) electrons. The molecule has 1 aromatic rings. The van der Waals surface area contributed by atoms with E-state index in [9.17, 15) is 9.59 Å². The minimum Gasteiger partial charge on any atom is -0.462 e. The van der Waals surface area contributed by atoms with E-state index in [1.165, 1.54) is 6.92 Å². The summed E-state index contributed by atoms with van der Waals surface area (Å²) in [4.78, 5) is 23.1. The molecule has 0 saturated carbocycles. The van der Waals surface area contributed by atoms with Crippen molar-refractivity contribution in [1.29, 1.82) is 0 Å². The molecule has 1 unspecified atom stereocenters. The Bertz CT molecular complexity index is 484. The lowest BCUT2D eigenvalue weighted by Gasteiger charge is -2.16. The maximum Gasteiger partial charge on any atom is 0.352 e. The number of esters is 2. The Balaban J connectivity index is 2.76. The van der Waals surface area contributed by atoms with Crippen LogP contribution in [0, 0.1) is 0 Å². The summed E-state index contributed by atoms with van der Waals surface area (Å²) in [6.45, 7) is 6.42. The smallest absolute Gasteiger partial charge is 0.352 e. The lowest BCUT2D eigenvalue weighted by atomic mass is 10.1. The van der Waals surface area contributed by atoms with Gasteiger partial charge in [-0.1, -0.05) is 35.9 Å². The molecular weight excluding hydrogens is 244 g/mol. The van der Waals surface area contributed by atoms with Gasteiger partial charge in [-0.25, -0.2) is 4.79 Å². The lowest BCUT2D eigenvalue weighted by Crippen LogP contribution is -2.21. The average Bonchev–Trinajstić information content (AvgIpc) is 2.42. The third-order valence-corrected chi connectivity index (χ3v) is 2.26. The minimum absolute atomic E-state index is 0.112. The monoisotopic (exact) mass is 263 g/mol. The molecule has 0 fully saturated rings. The van der Waals surface area contributed by atoms with E-state index in [1.807, 2.05) is 0 Å². The minimum atomic E-state index is -1.11. The zero-order chi connectivity index (χ0) is 15.1. The highest BCUT2D eigenvalue weighted by Crippen LogP contribution is 2.19. The fourth-order valence-corrected chi connectivity index (χ4v) is 1.39. The van der Waals surface area contributed by atoms with Gasteiger partial charge in [0.15, 0.2) is 0 Å². The molecule has 0 aliphatic rings. The molecular formula is C15H18O4. The van der Waals surface area contributed by atoms with Crippen molar-refractivity contribution in [2.75, 3.05) is 6.61 Å². The summed E-state index contributed by atoms with van der Waals surface area (Å²) < 4.78 is 17.6. The van der Waals surface area contributed by atoms with Crippen molar-refractivity contribution in [2.24, 2.45) is 0 Å². The van der Waals surface area contributed by atoms with Crippen LogP contribution in [0.1, 0.15) is 33.3 Å². The van der Waals surface area contributed by atoms with Gasteiger partial charge in [-0.3, -0.25) is 4.79 Å². The van der Waals surface area contributed by atoms with Crippen molar-refractivity contribution in [3.05, 3.63) is 48.0 Å². The van der Waals surface area contributed by atoms with Crippen LogP contribution < -0.4 is 0 Å². The van der Waals surface area contributed by atoms with Crippen LogP contribution in [0.3, 0.4) is 0 Å². The molecule has 0 amide bonds. The van der Waals surface area contributed by atoms with Crippen molar-refractivity contribution < 1.29 is 20.4 Å². The number of carbonyl (C=O) groups excluding carboxylic acids is 2. The molecule has 0 aromatic heterocycles. The maximum atomic E-state index is 12.0. The summed E-state index contributed by atoms with van der Waals surface area (Å²) >= 11 is 0. The number of hydrogen-bond acceptors (Lipinski definition) is 4. The van der Waals surface area contributed by atoms with Gasteiger partial charge >= 0.3 is 11.9 Å². The van der Waals surface area contributed by atoms with Gasteiger partial charge in [0, 0.05) is 20.3 Å². The normalized spacial score (nSPS) is 13.9. The van der Waals surface area contributed by atoms with Gasteiger partial charge in [0.05, 0.1) is 6.61 Å². The predicted molar refractivity (Wildman–Crippen MR) is 71.3 cm³/mol. The molecule has 4 heteroatoms.